The molecule has 1 aromatic rings. The van der Waals surface area contributed by atoms with E-state index in [0.717, 1.165) is 18.8 Å². The van der Waals surface area contributed by atoms with E-state index in [0.29, 0.717) is 6.04 Å². The zero-order chi connectivity index (χ0) is 18.5. The second-order valence-corrected chi connectivity index (χ2v) is 8.73. The number of hydrogen-bond donors (Lipinski definition) is 2. The summed E-state index contributed by atoms with van der Waals surface area (Å²) in [5, 5.41) is 3.56. The topological polar surface area (TPSA) is 44.5 Å². The number of hydrogen-bond acceptors (Lipinski definition) is 4. The molecule has 0 aliphatic carbocycles. The standard InChI is InChI=1S/C22H38N4/c1-17(2)16-26-13-11-25(12-14-26)10-9-19-7-8-20(18(3)15-19)21-5-4-6-22(23)24-21/h7-8,15,17,21-22,24H,4-6,9-14,16,23H2,1-3H3. The Labute approximate surface area is 160 Å². The van der Waals surface area contributed by atoms with Crippen molar-refractivity contribution in [2.45, 2.75) is 58.7 Å². The molecule has 0 bridgehead atoms. The van der Waals surface area contributed by atoms with Crippen LogP contribution >= 0.6 is 0 Å². The van der Waals surface area contributed by atoms with Gasteiger partial charge in [0.05, 0.1) is 6.17 Å². The first-order chi connectivity index (χ1) is 12.5. The van der Waals surface area contributed by atoms with Crippen LogP contribution in [0.4, 0.5) is 0 Å². The van der Waals surface area contributed by atoms with Crippen molar-refractivity contribution in [2.24, 2.45) is 11.7 Å². The molecular formula is C22H38N4. The van der Waals surface area contributed by atoms with Gasteiger partial charge in [0.2, 0.25) is 0 Å². The van der Waals surface area contributed by atoms with E-state index in [1.165, 1.54) is 68.8 Å². The van der Waals surface area contributed by atoms with E-state index in [1.807, 2.05) is 0 Å². The Hall–Kier alpha value is -0.940. The van der Waals surface area contributed by atoms with E-state index in [2.05, 4.69) is 54.1 Å². The number of aryl methyl sites for hydroxylation is 1. The first-order valence-corrected chi connectivity index (χ1v) is 10.6. The lowest BCUT2D eigenvalue weighted by Gasteiger charge is -2.35. The summed E-state index contributed by atoms with van der Waals surface area (Å²) in [5.41, 5.74) is 10.4. The van der Waals surface area contributed by atoms with E-state index in [9.17, 15) is 0 Å². The van der Waals surface area contributed by atoms with Crippen LogP contribution in [0.15, 0.2) is 18.2 Å². The molecular weight excluding hydrogens is 320 g/mol. The molecule has 0 radical (unpaired) electrons. The molecule has 146 valence electrons. The predicted octanol–water partition coefficient (Wildman–Crippen LogP) is 2.91. The van der Waals surface area contributed by atoms with Gasteiger partial charge in [-0.2, -0.15) is 0 Å². The van der Waals surface area contributed by atoms with Crippen molar-refractivity contribution in [1.82, 2.24) is 15.1 Å². The first kappa shape index (κ1) is 19.8. The van der Waals surface area contributed by atoms with Crippen LogP contribution in [0.2, 0.25) is 0 Å². The summed E-state index contributed by atoms with van der Waals surface area (Å²) in [7, 11) is 0. The largest absolute Gasteiger partial charge is 0.316 e. The number of nitrogens with zero attached hydrogens (tertiary/aromatic N) is 2. The van der Waals surface area contributed by atoms with Crippen LogP contribution in [0.1, 0.15) is 55.8 Å². The van der Waals surface area contributed by atoms with Gasteiger partial charge >= 0.3 is 0 Å². The second kappa shape index (κ2) is 9.32. The third kappa shape index (κ3) is 5.53. The van der Waals surface area contributed by atoms with Gasteiger partial charge in [-0.05, 0) is 55.2 Å². The average molecular weight is 359 g/mol. The number of benzene rings is 1. The average Bonchev–Trinajstić information content (AvgIpc) is 2.61. The minimum atomic E-state index is 0.155. The number of nitrogens with two attached hydrogens (primary N) is 1. The van der Waals surface area contributed by atoms with Crippen molar-refractivity contribution >= 4 is 0 Å². The lowest BCUT2D eigenvalue weighted by molar-refractivity contribution is 0.123. The number of rotatable bonds is 6. The van der Waals surface area contributed by atoms with Gasteiger partial charge in [0.15, 0.2) is 0 Å². The van der Waals surface area contributed by atoms with E-state index in [1.54, 1.807) is 0 Å². The summed E-state index contributed by atoms with van der Waals surface area (Å²) in [6, 6.07) is 7.49. The molecule has 2 heterocycles. The van der Waals surface area contributed by atoms with Gasteiger partial charge in [0.25, 0.3) is 0 Å². The van der Waals surface area contributed by atoms with Crippen molar-refractivity contribution < 1.29 is 0 Å². The number of nitrogens with one attached hydrogen (secondary N) is 1. The van der Waals surface area contributed by atoms with Gasteiger partial charge in [-0.1, -0.05) is 32.0 Å². The number of piperazine rings is 1. The minimum absolute atomic E-state index is 0.155. The van der Waals surface area contributed by atoms with Crippen molar-refractivity contribution in [3.8, 4) is 0 Å². The summed E-state index contributed by atoms with van der Waals surface area (Å²) in [6.45, 7) is 14.2. The summed E-state index contributed by atoms with van der Waals surface area (Å²) in [4.78, 5) is 5.24. The molecule has 4 nitrogen and oxygen atoms in total. The molecule has 0 saturated carbocycles. The third-order valence-corrected chi connectivity index (χ3v) is 5.94. The molecule has 3 N–H and O–H groups in total. The summed E-state index contributed by atoms with van der Waals surface area (Å²) >= 11 is 0. The zero-order valence-corrected chi connectivity index (χ0v) is 17.0. The van der Waals surface area contributed by atoms with Gasteiger partial charge < -0.3 is 15.5 Å². The van der Waals surface area contributed by atoms with Crippen molar-refractivity contribution in [3.05, 3.63) is 34.9 Å². The molecule has 2 aliphatic rings. The van der Waals surface area contributed by atoms with Crippen LogP contribution in [0.3, 0.4) is 0 Å². The first-order valence-electron chi connectivity index (χ1n) is 10.6. The normalized spacial score (nSPS) is 25.7. The second-order valence-electron chi connectivity index (χ2n) is 8.73. The molecule has 26 heavy (non-hydrogen) atoms. The van der Waals surface area contributed by atoms with E-state index >= 15 is 0 Å². The lowest BCUT2D eigenvalue weighted by atomic mass is 9.91. The molecule has 2 aliphatic heterocycles. The maximum Gasteiger partial charge on any atom is 0.0551 e. The van der Waals surface area contributed by atoms with Crippen LogP contribution < -0.4 is 11.1 Å². The highest BCUT2D eigenvalue weighted by Crippen LogP contribution is 2.27. The van der Waals surface area contributed by atoms with Gasteiger partial charge in [-0.3, -0.25) is 5.32 Å². The van der Waals surface area contributed by atoms with Crippen molar-refractivity contribution in [3.63, 3.8) is 0 Å². The quantitative estimate of drug-likeness (QED) is 0.821. The van der Waals surface area contributed by atoms with E-state index in [4.69, 9.17) is 5.73 Å². The summed E-state index contributed by atoms with van der Waals surface area (Å²) < 4.78 is 0. The maximum atomic E-state index is 6.09. The lowest BCUT2D eigenvalue weighted by Crippen LogP contribution is -2.47. The SMILES string of the molecule is Cc1cc(CCN2CCN(CC(C)C)CC2)ccc1C1CCCC(N)N1. The van der Waals surface area contributed by atoms with Crippen LogP contribution in [0.25, 0.3) is 0 Å². The van der Waals surface area contributed by atoms with Crippen LogP contribution in [-0.2, 0) is 6.42 Å². The van der Waals surface area contributed by atoms with Crippen LogP contribution in [0.5, 0.6) is 0 Å². The zero-order valence-electron chi connectivity index (χ0n) is 17.0. The molecule has 2 saturated heterocycles. The molecule has 0 spiro atoms. The van der Waals surface area contributed by atoms with Gasteiger partial charge in [-0.15, -0.1) is 0 Å². The van der Waals surface area contributed by atoms with Gasteiger partial charge in [-0.25, -0.2) is 0 Å². The molecule has 2 fully saturated rings. The highest BCUT2D eigenvalue weighted by Gasteiger charge is 2.21. The number of piperidine rings is 1. The van der Waals surface area contributed by atoms with Crippen molar-refractivity contribution in [1.29, 1.82) is 0 Å². The molecule has 3 rings (SSSR count). The Morgan fingerprint density at radius 3 is 2.50 bits per heavy atom. The van der Waals surface area contributed by atoms with Crippen molar-refractivity contribution in [2.75, 3.05) is 39.3 Å². The summed E-state index contributed by atoms with van der Waals surface area (Å²) in [5.74, 6) is 0.774. The van der Waals surface area contributed by atoms with Crippen LogP contribution in [-0.4, -0.2) is 55.2 Å². The fraction of sp³-hybridized carbons (Fsp3) is 0.727. The fourth-order valence-corrected chi connectivity index (χ4v) is 4.50. The fourth-order valence-electron chi connectivity index (χ4n) is 4.50. The van der Waals surface area contributed by atoms with Gasteiger partial charge in [0.1, 0.15) is 0 Å². The predicted molar refractivity (Wildman–Crippen MR) is 110 cm³/mol. The molecule has 0 amide bonds. The monoisotopic (exact) mass is 358 g/mol. The molecule has 2 atom stereocenters. The molecule has 2 unspecified atom stereocenters. The van der Waals surface area contributed by atoms with Gasteiger partial charge in [0, 0.05) is 45.3 Å². The molecule has 4 heteroatoms. The van der Waals surface area contributed by atoms with E-state index < -0.39 is 0 Å². The Morgan fingerprint density at radius 2 is 1.85 bits per heavy atom. The smallest absolute Gasteiger partial charge is 0.0551 e. The Bertz CT molecular complexity index is 563. The van der Waals surface area contributed by atoms with E-state index in [-0.39, 0.29) is 6.17 Å². The highest BCUT2D eigenvalue weighted by atomic mass is 15.3. The molecule has 0 aromatic heterocycles. The Kier molecular flexibility index (Phi) is 7.10. The summed E-state index contributed by atoms with van der Waals surface area (Å²) in [6.07, 6.45) is 4.83. The Morgan fingerprint density at radius 1 is 1.12 bits per heavy atom. The maximum absolute atomic E-state index is 6.09. The van der Waals surface area contributed by atoms with Crippen LogP contribution in [0, 0.1) is 12.8 Å². The highest BCUT2D eigenvalue weighted by molar-refractivity contribution is 5.34. The third-order valence-electron chi connectivity index (χ3n) is 5.94. The Balaban J connectivity index is 1.48. The minimum Gasteiger partial charge on any atom is -0.316 e. The molecule has 1 aromatic carbocycles.